The first-order valence-electron chi connectivity index (χ1n) is 7.00. The van der Waals surface area contributed by atoms with Gasteiger partial charge in [-0.3, -0.25) is 0 Å². The van der Waals surface area contributed by atoms with Crippen LogP contribution in [0.1, 0.15) is 31.4 Å². The predicted octanol–water partition coefficient (Wildman–Crippen LogP) is 3.05. The third kappa shape index (κ3) is 3.58. The summed E-state index contributed by atoms with van der Waals surface area (Å²) in [5.74, 6) is 1.02. The molecule has 1 aliphatic heterocycles. The summed E-state index contributed by atoms with van der Waals surface area (Å²) in [6, 6.07) is 10.4. The van der Waals surface area contributed by atoms with Crippen molar-refractivity contribution in [1.82, 2.24) is 5.32 Å². The lowest BCUT2D eigenvalue weighted by Gasteiger charge is -2.30. The summed E-state index contributed by atoms with van der Waals surface area (Å²) < 4.78 is 11.5. The van der Waals surface area contributed by atoms with Crippen molar-refractivity contribution in [3.63, 3.8) is 0 Å². The van der Waals surface area contributed by atoms with Crippen molar-refractivity contribution >= 4 is 0 Å². The lowest BCUT2D eigenvalue weighted by atomic mass is 9.99. The zero-order chi connectivity index (χ0) is 13.5. The molecule has 0 aromatic heterocycles. The van der Waals surface area contributed by atoms with Crippen molar-refractivity contribution < 1.29 is 9.47 Å². The molecule has 0 aliphatic carbocycles. The van der Waals surface area contributed by atoms with Gasteiger partial charge < -0.3 is 14.8 Å². The minimum absolute atomic E-state index is 0.0227. The second-order valence-electron chi connectivity index (χ2n) is 4.70. The summed E-state index contributed by atoms with van der Waals surface area (Å²) in [7, 11) is 1.76. The van der Waals surface area contributed by atoms with E-state index in [0.29, 0.717) is 0 Å². The Balaban J connectivity index is 2.22. The SMILES string of the molecule is CCNC(C1=CCCCO1)C(OC)c1ccccc1. The van der Waals surface area contributed by atoms with Crippen LogP contribution in [-0.2, 0) is 9.47 Å². The zero-order valence-corrected chi connectivity index (χ0v) is 11.8. The molecule has 2 atom stereocenters. The molecule has 2 unspecified atom stereocenters. The molecule has 2 rings (SSSR count). The summed E-state index contributed by atoms with van der Waals surface area (Å²) in [5.41, 5.74) is 1.17. The summed E-state index contributed by atoms with van der Waals surface area (Å²) in [6.45, 7) is 3.80. The van der Waals surface area contributed by atoms with Gasteiger partial charge in [-0.05, 0) is 31.0 Å². The van der Waals surface area contributed by atoms with Crippen LogP contribution in [0.3, 0.4) is 0 Å². The van der Waals surface area contributed by atoms with Crippen molar-refractivity contribution in [2.75, 3.05) is 20.3 Å². The maximum Gasteiger partial charge on any atom is 0.112 e. The molecule has 0 radical (unpaired) electrons. The van der Waals surface area contributed by atoms with E-state index in [9.17, 15) is 0 Å². The molecule has 1 aliphatic rings. The summed E-state index contributed by atoms with van der Waals surface area (Å²) >= 11 is 0. The Labute approximate surface area is 115 Å². The third-order valence-electron chi connectivity index (χ3n) is 3.38. The van der Waals surface area contributed by atoms with E-state index in [1.165, 1.54) is 5.56 Å². The number of rotatable bonds is 6. The van der Waals surface area contributed by atoms with Crippen molar-refractivity contribution in [3.05, 3.63) is 47.7 Å². The van der Waals surface area contributed by atoms with Crippen LogP contribution in [0.25, 0.3) is 0 Å². The molecule has 1 N–H and O–H groups in total. The number of ether oxygens (including phenoxy) is 2. The first-order chi connectivity index (χ1) is 9.36. The monoisotopic (exact) mass is 261 g/mol. The quantitative estimate of drug-likeness (QED) is 0.853. The fraction of sp³-hybridized carbons (Fsp3) is 0.500. The molecule has 0 amide bonds. The lowest BCUT2D eigenvalue weighted by molar-refractivity contribution is 0.0498. The average molecular weight is 261 g/mol. The van der Waals surface area contributed by atoms with Crippen LogP contribution in [0.2, 0.25) is 0 Å². The molecule has 3 heteroatoms. The number of allylic oxidation sites excluding steroid dienone is 1. The third-order valence-corrected chi connectivity index (χ3v) is 3.38. The number of hydrogen-bond acceptors (Lipinski definition) is 3. The predicted molar refractivity (Wildman–Crippen MR) is 76.9 cm³/mol. The first-order valence-corrected chi connectivity index (χ1v) is 7.00. The molecule has 104 valence electrons. The fourth-order valence-electron chi connectivity index (χ4n) is 2.48. The first kappa shape index (κ1) is 14.1. The number of nitrogens with one attached hydrogen (secondary N) is 1. The van der Waals surface area contributed by atoms with Gasteiger partial charge in [0.25, 0.3) is 0 Å². The van der Waals surface area contributed by atoms with E-state index < -0.39 is 0 Å². The smallest absolute Gasteiger partial charge is 0.112 e. The highest BCUT2D eigenvalue weighted by Gasteiger charge is 2.27. The minimum atomic E-state index is -0.0227. The van der Waals surface area contributed by atoms with E-state index in [1.54, 1.807) is 7.11 Å². The number of benzene rings is 1. The largest absolute Gasteiger partial charge is 0.496 e. The zero-order valence-electron chi connectivity index (χ0n) is 11.8. The van der Waals surface area contributed by atoms with Crippen molar-refractivity contribution in [3.8, 4) is 0 Å². The topological polar surface area (TPSA) is 30.5 Å². The Kier molecular flexibility index (Phi) is 5.43. The minimum Gasteiger partial charge on any atom is -0.496 e. The number of methoxy groups -OCH3 is 1. The summed E-state index contributed by atoms with van der Waals surface area (Å²) in [5, 5.41) is 3.48. The van der Waals surface area contributed by atoms with E-state index >= 15 is 0 Å². The van der Waals surface area contributed by atoms with Crippen LogP contribution in [0.5, 0.6) is 0 Å². The molecule has 0 saturated carbocycles. The second kappa shape index (κ2) is 7.31. The van der Waals surface area contributed by atoms with Crippen molar-refractivity contribution in [1.29, 1.82) is 0 Å². The number of likely N-dealkylation sites (N-methyl/N-ethyl adjacent to an activating group) is 1. The Morgan fingerprint density at radius 3 is 2.68 bits per heavy atom. The number of hydrogen-bond donors (Lipinski definition) is 1. The molecule has 0 spiro atoms. The standard InChI is InChI=1S/C16H23NO2/c1-3-17-15(14-11-7-8-12-19-14)16(18-2)13-9-5-4-6-10-13/h4-6,9-11,15-17H,3,7-8,12H2,1-2H3. The van der Waals surface area contributed by atoms with E-state index in [4.69, 9.17) is 9.47 Å². The Morgan fingerprint density at radius 2 is 2.11 bits per heavy atom. The molecular formula is C16H23NO2. The molecule has 1 heterocycles. The van der Waals surface area contributed by atoms with Gasteiger partial charge in [-0.2, -0.15) is 0 Å². The highest BCUT2D eigenvalue weighted by Crippen LogP contribution is 2.27. The van der Waals surface area contributed by atoms with Crippen LogP contribution in [-0.4, -0.2) is 26.3 Å². The van der Waals surface area contributed by atoms with Crippen LogP contribution < -0.4 is 5.32 Å². The molecular weight excluding hydrogens is 238 g/mol. The fourth-order valence-corrected chi connectivity index (χ4v) is 2.48. The van der Waals surface area contributed by atoms with Gasteiger partial charge in [0.15, 0.2) is 0 Å². The Bertz CT molecular complexity index is 402. The normalized spacial score (nSPS) is 18.3. The van der Waals surface area contributed by atoms with Crippen LogP contribution in [0.4, 0.5) is 0 Å². The second-order valence-corrected chi connectivity index (χ2v) is 4.70. The maximum atomic E-state index is 5.82. The molecule has 1 aromatic carbocycles. The van der Waals surface area contributed by atoms with Gasteiger partial charge in [0.05, 0.1) is 12.6 Å². The van der Waals surface area contributed by atoms with E-state index in [2.05, 4.69) is 30.4 Å². The van der Waals surface area contributed by atoms with Gasteiger partial charge >= 0.3 is 0 Å². The Hall–Kier alpha value is -1.32. The Morgan fingerprint density at radius 1 is 1.32 bits per heavy atom. The molecule has 1 aromatic rings. The van der Waals surface area contributed by atoms with Crippen molar-refractivity contribution in [2.24, 2.45) is 0 Å². The van der Waals surface area contributed by atoms with Gasteiger partial charge in [-0.25, -0.2) is 0 Å². The summed E-state index contributed by atoms with van der Waals surface area (Å²) in [6.07, 6.45) is 4.35. The highest BCUT2D eigenvalue weighted by molar-refractivity contribution is 5.23. The summed E-state index contributed by atoms with van der Waals surface area (Å²) in [4.78, 5) is 0. The van der Waals surface area contributed by atoms with Crippen LogP contribution in [0.15, 0.2) is 42.2 Å². The van der Waals surface area contributed by atoms with Gasteiger partial charge in [0.1, 0.15) is 11.9 Å². The van der Waals surface area contributed by atoms with Gasteiger partial charge in [-0.15, -0.1) is 0 Å². The molecule has 0 saturated heterocycles. The lowest BCUT2D eigenvalue weighted by Crippen LogP contribution is -2.39. The molecule has 3 nitrogen and oxygen atoms in total. The van der Waals surface area contributed by atoms with Gasteiger partial charge in [-0.1, -0.05) is 37.3 Å². The maximum absolute atomic E-state index is 5.82. The van der Waals surface area contributed by atoms with Crippen LogP contribution >= 0.6 is 0 Å². The highest BCUT2D eigenvalue weighted by atomic mass is 16.5. The van der Waals surface area contributed by atoms with E-state index in [1.807, 2.05) is 18.2 Å². The molecule has 19 heavy (non-hydrogen) atoms. The average Bonchev–Trinajstić information content (AvgIpc) is 2.49. The van der Waals surface area contributed by atoms with Gasteiger partial charge in [0, 0.05) is 7.11 Å². The molecule has 0 fully saturated rings. The van der Waals surface area contributed by atoms with Gasteiger partial charge in [0.2, 0.25) is 0 Å². The molecule has 0 bridgehead atoms. The van der Waals surface area contributed by atoms with E-state index in [0.717, 1.165) is 31.8 Å². The van der Waals surface area contributed by atoms with Crippen LogP contribution in [0, 0.1) is 0 Å². The van der Waals surface area contributed by atoms with Crippen molar-refractivity contribution in [2.45, 2.75) is 31.9 Å². The van der Waals surface area contributed by atoms with E-state index in [-0.39, 0.29) is 12.1 Å².